The van der Waals surface area contributed by atoms with Gasteiger partial charge in [0, 0.05) is 17.5 Å². The van der Waals surface area contributed by atoms with E-state index in [4.69, 9.17) is 4.74 Å². The van der Waals surface area contributed by atoms with Crippen molar-refractivity contribution in [3.05, 3.63) is 82.4 Å². The minimum Gasteiger partial charge on any atom is -0.508 e. The van der Waals surface area contributed by atoms with E-state index < -0.39 is 6.10 Å². The van der Waals surface area contributed by atoms with Crippen LogP contribution in [0, 0.1) is 6.92 Å². The highest BCUT2D eigenvalue weighted by atomic mass is 16.5. The van der Waals surface area contributed by atoms with Crippen molar-refractivity contribution in [2.24, 2.45) is 0 Å². The number of hydrogen-bond acceptors (Lipinski definition) is 5. The van der Waals surface area contributed by atoms with Crippen molar-refractivity contribution in [1.29, 1.82) is 0 Å². The van der Waals surface area contributed by atoms with Crippen LogP contribution in [0.4, 0.5) is 0 Å². The standard InChI is InChI=1S/C23H20O5/c1-13-21(26)16(11-15-9-5-6-10-17(15)24)23-20(22(13)27)18(25)12-19(28-23)14-7-3-2-4-8-14/h2-10,19,24,26-27H,11-12H2,1H3. The van der Waals surface area contributed by atoms with Gasteiger partial charge in [-0.3, -0.25) is 4.79 Å². The molecule has 0 aromatic heterocycles. The summed E-state index contributed by atoms with van der Waals surface area (Å²) in [6, 6.07) is 16.2. The third-order valence-corrected chi connectivity index (χ3v) is 5.17. The summed E-state index contributed by atoms with van der Waals surface area (Å²) in [5.41, 5.74) is 2.12. The molecule has 0 saturated carbocycles. The van der Waals surface area contributed by atoms with E-state index >= 15 is 0 Å². The summed E-state index contributed by atoms with van der Waals surface area (Å²) in [7, 11) is 0. The van der Waals surface area contributed by atoms with Crippen LogP contribution < -0.4 is 4.74 Å². The van der Waals surface area contributed by atoms with Gasteiger partial charge in [-0.05, 0) is 24.1 Å². The van der Waals surface area contributed by atoms with Crippen LogP contribution in [0.25, 0.3) is 0 Å². The number of ketones is 1. The summed E-state index contributed by atoms with van der Waals surface area (Å²) in [6.45, 7) is 1.55. The van der Waals surface area contributed by atoms with Gasteiger partial charge in [-0.25, -0.2) is 0 Å². The molecule has 1 unspecified atom stereocenters. The van der Waals surface area contributed by atoms with E-state index in [1.54, 1.807) is 31.2 Å². The summed E-state index contributed by atoms with van der Waals surface area (Å²) >= 11 is 0. The molecule has 142 valence electrons. The average molecular weight is 376 g/mol. The second kappa shape index (κ2) is 6.93. The molecule has 3 N–H and O–H groups in total. The smallest absolute Gasteiger partial charge is 0.174 e. The summed E-state index contributed by atoms with van der Waals surface area (Å²) in [5.74, 6) is -0.377. The average Bonchev–Trinajstić information content (AvgIpc) is 2.71. The Hall–Kier alpha value is -3.47. The van der Waals surface area contributed by atoms with Gasteiger partial charge in [-0.2, -0.15) is 0 Å². The van der Waals surface area contributed by atoms with E-state index in [2.05, 4.69) is 0 Å². The number of para-hydroxylation sites is 1. The van der Waals surface area contributed by atoms with Crippen LogP contribution in [0.15, 0.2) is 54.6 Å². The normalized spacial score (nSPS) is 15.8. The Balaban J connectivity index is 1.86. The Bertz CT molecular complexity index is 1060. The largest absolute Gasteiger partial charge is 0.508 e. The first-order valence-corrected chi connectivity index (χ1v) is 9.06. The molecule has 28 heavy (non-hydrogen) atoms. The van der Waals surface area contributed by atoms with Crippen molar-refractivity contribution in [3.63, 3.8) is 0 Å². The lowest BCUT2D eigenvalue weighted by molar-refractivity contribution is 0.0842. The topological polar surface area (TPSA) is 87.0 Å². The number of Topliss-reactive ketones (excluding diaryl/α,β-unsaturated/α-hetero) is 1. The molecule has 5 heteroatoms. The molecule has 4 rings (SSSR count). The van der Waals surface area contributed by atoms with Gasteiger partial charge in [-0.1, -0.05) is 48.5 Å². The molecule has 5 nitrogen and oxygen atoms in total. The van der Waals surface area contributed by atoms with Gasteiger partial charge in [0.1, 0.15) is 34.7 Å². The van der Waals surface area contributed by atoms with Crippen LogP contribution >= 0.6 is 0 Å². The number of phenolic OH excluding ortho intramolecular Hbond substituents is 3. The SMILES string of the molecule is Cc1c(O)c(Cc2ccccc2O)c2c(c1O)C(=O)CC(c1ccccc1)O2. The Morgan fingerprint density at radius 1 is 0.964 bits per heavy atom. The third kappa shape index (κ3) is 2.95. The molecule has 0 spiro atoms. The Morgan fingerprint density at radius 3 is 2.36 bits per heavy atom. The predicted molar refractivity (Wildman–Crippen MR) is 104 cm³/mol. The van der Waals surface area contributed by atoms with Crippen molar-refractivity contribution in [3.8, 4) is 23.0 Å². The third-order valence-electron chi connectivity index (χ3n) is 5.17. The van der Waals surface area contributed by atoms with Crippen molar-refractivity contribution in [2.75, 3.05) is 0 Å². The van der Waals surface area contributed by atoms with Gasteiger partial charge in [0.05, 0.1) is 6.42 Å². The van der Waals surface area contributed by atoms with E-state index in [-0.39, 0.29) is 52.7 Å². The maximum Gasteiger partial charge on any atom is 0.174 e. The van der Waals surface area contributed by atoms with Crippen LogP contribution in [-0.4, -0.2) is 21.1 Å². The zero-order valence-electron chi connectivity index (χ0n) is 15.3. The predicted octanol–water partition coefficient (Wildman–Crippen LogP) is 4.41. The number of hydrogen-bond donors (Lipinski definition) is 3. The fourth-order valence-electron chi connectivity index (χ4n) is 3.60. The Kier molecular flexibility index (Phi) is 4.43. The molecule has 3 aromatic carbocycles. The monoisotopic (exact) mass is 376 g/mol. The maximum absolute atomic E-state index is 12.9. The van der Waals surface area contributed by atoms with Crippen molar-refractivity contribution in [2.45, 2.75) is 25.9 Å². The number of rotatable bonds is 3. The van der Waals surface area contributed by atoms with Gasteiger partial charge in [-0.15, -0.1) is 0 Å². The van der Waals surface area contributed by atoms with E-state index in [9.17, 15) is 20.1 Å². The van der Waals surface area contributed by atoms with Crippen molar-refractivity contribution < 1.29 is 24.9 Å². The van der Waals surface area contributed by atoms with Gasteiger partial charge in [0.25, 0.3) is 0 Å². The van der Waals surface area contributed by atoms with Gasteiger partial charge in [0.15, 0.2) is 5.78 Å². The lowest BCUT2D eigenvalue weighted by atomic mass is 9.89. The fourth-order valence-corrected chi connectivity index (χ4v) is 3.60. The highest BCUT2D eigenvalue weighted by Crippen LogP contribution is 2.48. The van der Waals surface area contributed by atoms with Crippen LogP contribution in [-0.2, 0) is 6.42 Å². The highest BCUT2D eigenvalue weighted by molar-refractivity contribution is 6.04. The second-order valence-corrected chi connectivity index (χ2v) is 6.95. The fraction of sp³-hybridized carbons (Fsp3) is 0.174. The van der Waals surface area contributed by atoms with E-state index in [1.165, 1.54) is 0 Å². The number of carbonyl (C=O) groups excluding carboxylic acids is 1. The molecular weight excluding hydrogens is 356 g/mol. The summed E-state index contributed by atoms with van der Waals surface area (Å²) in [4.78, 5) is 12.9. The minimum atomic E-state index is -0.508. The first-order valence-electron chi connectivity index (χ1n) is 9.06. The lowest BCUT2D eigenvalue weighted by Gasteiger charge is -2.29. The molecule has 0 bridgehead atoms. The van der Waals surface area contributed by atoms with Crippen LogP contribution in [0.1, 0.15) is 45.1 Å². The molecule has 1 atom stereocenters. The summed E-state index contributed by atoms with van der Waals surface area (Å²) in [5, 5.41) is 31.3. The van der Waals surface area contributed by atoms with Crippen molar-refractivity contribution >= 4 is 5.78 Å². The number of fused-ring (bicyclic) bond motifs is 1. The Morgan fingerprint density at radius 2 is 1.64 bits per heavy atom. The highest BCUT2D eigenvalue weighted by Gasteiger charge is 2.35. The molecule has 0 aliphatic carbocycles. The van der Waals surface area contributed by atoms with E-state index in [0.29, 0.717) is 11.1 Å². The van der Waals surface area contributed by atoms with E-state index in [0.717, 1.165) is 5.56 Å². The molecule has 3 aromatic rings. The number of phenols is 3. The first-order chi connectivity index (χ1) is 13.5. The molecule has 1 aliphatic rings. The molecular formula is C23H20O5. The quantitative estimate of drug-likeness (QED) is 0.630. The molecule has 0 fully saturated rings. The molecule has 1 heterocycles. The van der Waals surface area contributed by atoms with E-state index in [1.807, 2.05) is 30.3 Å². The summed E-state index contributed by atoms with van der Waals surface area (Å²) in [6.07, 6.45) is -0.243. The van der Waals surface area contributed by atoms with Crippen molar-refractivity contribution in [1.82, 2.24) is 0 Å². The molecule has 1 aliphatic heterocycles. The number of carbonyl (C=O) groups is 1. The van der Waals surface area contributed by atoms with Crippen LogP contribution in [0.3, 0.4) is 0 Å². The van der Waals surface area contributed by atoms with Gasteiger partial charge < -0.3 is 20.1 Å². The first kappa shape index (κ1) is 17.9. The number of ether oxygens (including phenoxy) is 1. The zero-order chi connectivity index (χ0) is 19.8. The minimum absolute atomic E-state index is 0.0862. The summed E-state index contributed by atoms with van der Waals surface area (Å²) < 4.78 is 6.13. The molecule has 0 saturated heterocycles. The lowest BCUT2D eigenvalue weighted by Crippen LogP contribution is -2.22. The van der Waals surface area contributed by atoms with Gasteiger partial charge >= 0.3 is 0 Å². The Labute approximate surface area is 162 Å². The molecule has 0 radical (unpaired) electrons. The number of benzene rings is 3. The zero-order valence-corrected chi connectivity index (χ0v) is 15.3. The number of aromatic hydroxyl groups is 3. The van der Waals surface area contributed by atoms with Gasteiger partial charge in [0.2, 0.25) is 0 Å². The maximum atomic E-state index is 12.9. The second-order valence-electron chi connectivity index (χ2n) is 6.95. The van der Waals surface area contributed by atoms with Crippen LogP contribution in [0.5, 0.6) is 23.0 Å². The molecule has 0 amide bonds. The van der Waals surface area contributed by atoms with Crippen LogP contribution in [0.2, 0.25) is 0 Å².